The average Bonchev–Trinajstić information content (AvgIpc) is 2.81. The van der Waals surface area contributed by atoms with Gasteiger partial charge < -0.3 is 20.3 Å². The lowest BCUT2D eigenvalue weighted by Crippen LogP contribution is -2.39. The van der Waals surface area contributed by atoms with Crippen LogP contribution in [0.2, 0.25) is 0 Å². The fraction of sp³-hybridized carbons (Fsp3) is 0.480. The van der Waals surface area contributed by atoms with Crippen molar-refractivity contribution < 1.29 is 14.4 Å². The third-order valence-electron chi connectivity index (χ3n) is 6.12. The summed E-state index contributed by atoms with van der Waals surface area (Å²) in [5, 5.41) is 19.2. The van der Waals surface area contributed by atoms with E-state index in [4.69, 9.17) is 4.84 Å². The summed E-state index contributed by atoms with van der Waals surface area (Å²) in [6.07, 6.45) is 4.36. The second-order valence-corrected chi connectivity index (χ2v) is 9.33. The Hall–Kier alpha value is -2.45. The minimum atomic E-state index is -0.180. The molecule has 1 N–H and O–H groups in total. The van der Waals surface area contributed by atoms with Gasteiger partial charge in [-0.3, -0.25) is 4.79 Å². The van der Waals surface area contributed by atoms with Crippen molar-refractivity contribution in [1.29, 1.82) is 0 Å². The van der Waals surface area contributed by atoms with Gasteiger partial charge in [0.25, 0.3) is 5.91 Å². The maximum atomic E-state index is 12.5. The molecule has 33 heavy (non-hydrogen) atoms. The maximum absolute atomic E-state index is 12.5. The highest BCUT2D eigenvalue weighted by Crippen LogP contribution is 2.24. The van der Waals surface area contributed by atoms with E-state index in [9.17, 15) is 10.0 Å². The second kappa shape index (κ2) is 12.1. The van der Waals surface area contributed by atoms with Gasteiger partial charge in [0.05, 0.1) is 5.71 Å². The molecule has 8 heteroatoms. The summed E-state index contributed by atoms with van der Waals surface area (Å²) in [7, 11) is 0. The molecule has 7 nitrogen and oxygen atoms in total. The molecule has 0 aliphatic carbocycles. The van der Waals surface area contributed by atoms with Gasteiger partial charge in [-0.25, -0.2) is 0 Å². The molecule has 1 fully saturated rings. The monoisotopic (exact) mass is 516 g/mol. The largest absolute Gasteiger partial charge is 0.618 e. The Balaban J connectivity index is 1.47. The number of amides is 1. The second-order valence-electron chi connectivity index (χ2n) is 8.41. The quantitative estimate of drug-likeness (QED) is 0.180. The van der Waals surface area contributed by atoms with Crippen LogP contribution in [0.15, 0.2) is 46.2 Å². The van der Waals surface area contributed by atoms with Crippen LogP contribution in [-0.4, -0.2) is 49.3 Å². The van der Waals surface area contributed by atoms with Crippen molar-refractivity contribution in [2.75, 3.05) is 32.8 Å². The minimum Gasteiger partial charge on any atom is -0.618 e. The maximum Gasteiger partial charge on any atom is 0.257 e. The van der Waals surface area contributed by atoms with E-state index in [1.807, 2.05) is 26.0 Å². The number of aromatic nitrogens is 1. The van der Waals surface area contributed by atoms with Crippen molar-refractivity contribution in [3.63, 3.8) is 0 Å². The molecule has 1 aromatic heterocycles. The molecule has 2 heterocycles. The van der Waals surface area contributed by atoms with E-state index < -0.39 is 0 Å². The Morgan fingerprint density at radius 2 is 1.94 bits per heavy atom. The Bertz CT molecular complexity index is 970. The molecule has 0 radical (unpaired) electrons. The molecule has 0 saturated carbocycles. The van der Waals surface area contributed by atoms with Gasteiger partial charge in [-0.1, -0.05) is 33.2 Å². The topological polar surface area (TPSA) is 80.9 Å². The molecular weight excluding hydrogens is 484 g/mol. The van der Waals surface area contributed by atoms with Gasteiger partial charge in [0.15, 0.2) is 6.20 Å². The molecule has 178 valence electrons. The summed E-state index contributed by atoms with van der Waals surface area (Å²) in [4.78, 5) is 20.4. The number of pyridine rings is 1. The normalized spacial score (nSPS) is 15.5. The van der Waals surface area contributed by atoms with Crippen molar-refractivity contribution in [2.45, 2.75) is 40.0 Å². The van der Waals surface area contributed by atoms with E-state index in [1.54, 1.807) is 13.0 Å². The SMILES string of the molecule is CCO/N=C(\c1ccc(Br)cc1)C1CCN(CCCNC(=O)c2c(C)cc[n+]([O-])c2C)CC1. The number of carbonyl (C=O) groups is 1. The Morgan fingerprint density at radius 3 is 2.61 bits per heavy atom. The van der Waals surface area contributed by atoms with Gasteiger partial charge in [0, 0.05) is 29.9 Å². The number of piperidine rings is 1. The highest BCUT2D eigenvalue weighted by molar-refractivity contribution is 9.10. The van der Waals surface area contributed by atoms with Gasteiger partial charge in [0.2, 0.25) is 5.69 Å². The summed E-state index contributed by atoms with van der Waals surface area (Å²) in [5.41, 5.74) is 3.86. The Labute approximate surface area is 204 Å². The number of hydrogen-bond acceptors (Lipinski definition) is 5. The first kappa shape index (κ1) is 25.2. The molecule has 0 unspecified atom stereocenters. The Kier molecular flexibility index (Phi) is 9.26. The van der Waals surface area contributed by atoms with Crippen LogP contribution in [0.4, 0.5) is 0 Å². The number of hydrogen-bond donors (Lipinski definition) is 1. The van der Waals surface area contributed by atoms with E-state index in [2.05, 4.69) is 43.4 Å². The zero-order valence-electron chi connectivity index (χ0n) is 19.6. The molecule has 1 aliphatic heterocycles. The lowest BCUT2D eigenvalue weighted by atomic mass is 9.88. The van der Waals surface area contributed by atoms with Crippen LogP contribution in [0.3, 0.4) is 0 Å². The van der Waals surface area contributed by atoms with E-state index in [1.165, 1.54) is 6.20 Å². The van der Waals surface area contributed by atoms with Crippen LogP contribution in [0.25, 0.3) is 0 Å². The lowest BCUT2D eigenvalue weighted by Gasteiger charge is -2.32. The van der Waals surface area contributed by atoms with E-state index in [0.29, 0.717) is 30.3 Å². The molecule has 0 bridgehead atoms. The van der Waals surface area contributed by atoms with Gasteiger partial charge in [-0.2, -0.15) is 4.73 Å². The molecule has 1 saturated heterocycles. The van der Waals surface area contributed by atoms with Crippen LogP contribution >= 0.6 is 15.9 Å². The molecule has 1 aliphatic rings. The predicted molar refractivity (Wildman–Crippen MR) is 133 cm³/mol. The number of rotatable bonds is 9. The van der Waals surface area contributed by atoms with Crippen molar-refractivity contribution in [2.24, 2.45) is 11.1 Å². The summed E-state index contributed by atoms with van der Waals surface area (Å²) >= 11 is 3.49. The van der Waals surface area contributed by atoms with Crippen molar-refractivity contribution in [1.82, 2.24) is 10.2 Å². The number of nitrogens with zero attached hydrogens (tertiary/aromatic N) is 3. The molecular formula is C25H33BrN4O3. The highest BCUT2D eigenvalue weighted by Gasteiger charge is 2.25. The number of likely N-dealkylation sites (tertiary alicyclic amines) is 1. The third kappa shape index (κ3) is 6.77. The van der Waals surface area contributed by atoms with Crippen LogP contribution in [0.1, 0.15) is 53.4 Å². The number of nitrogens with one attached hydrogen (secondary N) is 1. The van der Waals surface area contributed by atoms with Crippen LogP contribution in [0, 0.1) is 25.0 Å². The van der Waals surface area contributed by atoms with E-state index in [-0.39, 0.29) is 5.91 Å². The van der Waals surface area contributed by atoms with Crippen molar-refractivity contribution in [3.05, 3.63) is 68.6 Å². The third-order valence-corrected chi connectivity index (χ3v) is 6.65. The zero-order valence-corrected chi connectivity index (χ0v) is 21.2. The van der Waals surface area contributed by atoms with Crippen molar-refractivity contribution >= 4 is 27.5 Å². The first-order valence-electron chi connectivity index (χ1n) is 11.6. The van der Waals surface area contributed by atoms with E-state index >= 15 is 0 Å². The highest BCUT2D eigenvalue weighted by atomic mass is 79.9. The van der Waals surface area contributed by atoms with Gasteiger partial charge in [-0.15, -0.1) is 0 Å². The predicted octanol–water partition coefficient (Wildman–Crippen LogP) is 3.97. The molecule has 3 rings (SSSR count). The zero-order chi connectivity index (χ0) is 23.8. The van der Waals surface area contributed by atoms with Gasteiger partial charge in [-0.05, 0) is 76.0 Å². The van der Waals surface area contributed by atoms with Gasteiger partial charge >= 0.3 is 0 Å². The molecule has 1 amide bonds. The first-order chi connectivity index (χ1) is 15.9. The number of carbonyl (C=O) groups excluding carboxylic acids is 1. The molecule has 0 atom stereocenters. The summed E-state index contributed by atoms with van der Waals surface area (Å²) in [5.74, 6) is 0.191. The first-order valence-corrected chi connectivity index (χ1v) is 12.4. The lowest BCUT2D eigenvalue weighted by molar-refractivity contribution is -0.612. The molecule has 0 spiro atoms. The Morgan fingerprint density at radius 1 is 1.24 bits per heavy atom. The smallest absolute Gasteiger partial charge is 0.257 e. The standard InChI is InChI=1S/C25H33BrN4O3/c1-4-33-28-24(20-6-8-22(26)9-7-20)21-11-15-29(16-12-21)14-5-13-27-25(31)23-18(2)10-17-30(32)19(23)3/h6-10,17,21H,4-5,11-16H2,1-3H3,(H,27,31)/b28-24+. The van der Waals surface area contributed by atoms with E-state index in [0.717, 1.165) is 64.9 Å². The molecule has 1 aromatic carbocycles. The van der Waals surface area contributed by atoms with Crippen molar-refractivity contribution in [3.8, 4) is 0 Å². The number of aryl methyl sites for hydroxylation is 1. The minimum absolute atomic E-state index is 0.180. The van der Waals surface area contributed by atoms with Crippen LogP contribution in [0.5, 0.6) is 0 Å². The summed E-state index contributed by atoms with van der Waals surface area (Å²) in [6, 6.07) is 9.92. The van der Waals surface area contributed by atoms with Crippen LogP contribution in [-0.2, 0) is 4.84 Å². The fourth-order valence-corrected chi connectivity index (χ4v) is 4.52. The van der Waals surface area contributed by atoms with Crippen LogP contribution < -0.4 is 10.0 Å². The van der Waals surface area contributed by atoms with Gasteiger partial charge in [0.1, 0.15) is 12.2 Å². The number of oxime groups is 1. The molecule has 2 aromatic rings. The fourth-order valence-electron chi connectivity index (χ4n) is 4.25. The average molecular weight is 517 g/mol. The number of halogens is 1. The number of benzene rings is 1. The summed E-state index contributed by atoms with van der Waals surface area (Å²) < 4.78 is 1.79. The summed E-state index contributed by atoms with van der Waals surface area (Å²) in [6.45, 7) is 9.53.